The molecular weight excluding hydrogens is 224 g/mol. The number of aliphatic carboxylic acids is 1. The van der Waals surface area contributed by atoms with Gasteiger partial charge in [0.05, 0.1) is 6.04 Å². The third kappa shape index (κ3) is 2.25. The predicted molar refractivity (Wildman–Crippen MR) is 63.8 cm³/mol. The SMILES string of the molecule is C[C@H](NC1C=NSc2ccccc21)C(=O)O. The van der Waals surface area contributed by atoms with Gasteiger partial charge in [0.25, 0.3) is 0 Å². The zero-order valence-corrected chi connectivity index (χ0v) is 9.57. The molecular formula is C11H12N2O2S. The van der Waals surface area contributed by atoms with E-state index < -0.39 is 12.0 Å². The zero-order chi connectivity index (χ0) is 11.5. The second kappa shape index (κ2) is 4.67. The lowest BCUT2D eigenvalue weighted by molar-refractivity contribution is -0.139. The van der Waals surface area contributed by atoms with Crippen LogP contribution >= 0.6 is 11.9 Å². The molecule has 1 aliphatic heterocycles. The molecule has 2 N–H and O–H groups in total. The number of carboxylic acid groups (broad SMARTS) is 1. The van der Waals surface area contributed by atoms with Crippen LogP contribution in [0.25, 0.3) is 0 Å². The van der Waals surface area contributed by atoms with Crippen molar-refractivity contribution in [2.45, 2.75) is 23.9 Å². The molecule has 0 aliphatic carbocycles. The van der Waals surface area contributed by atoms with Gasteiger partial charge in [-0.25, -0.2) is 4.40 Å². The van der Waals surface area contributed by atoms with E-state index in [0.717, 1.165) is 10.5 Å². The maximum atomic E-state index is 10.8. The van der Waals surface area contributed by atoms with E-state index in [1.54, 1.807) is 13.1 Å². The molecule has 1 aliphatic rings. The second-order valence-corrected chi connectivity index (χ2v) is 4.42. The first-order chi connectivity index (χ1) is 7.68. The Balaban J connectivity index is 2.19. The summed E-state index contributed by atoms with van der Waals surface area (Å²) in [7, 11) is 0. The van der Waals surface area contributed by atoms with Crippen molar-refractivity contribution in [2.24, 2.45) is 4.40 Å². The highest BCUT2D eigenvalue weighted by molar-refractivity contribution is 7.98. The van der Waals surface area contributed by atoms with Crippen LogP contribution in [0.4, 0.5) is 0 Å². The lowest BCUT2D eigenvalue weighted by atomic mass is 10.1. The second-order valence-electron chi connectivity index (χ2n) is 3.59. The highest BCUT2D eigenvalue weighted by Crippen LogP contribution is 2.31. The molecule has 1 heterocycles. The van der Waals surface area contributed by atoms with Crippen molar-refractivity contribution in [1.82, 2.24) is 5.32 Å². The number of carbonyl (C=O) groups is 1. The van der Waals surface area contributed by atoms with Crippen LogP contribution < -0.4 is 5.32 Å². The standard InChI is InChI=1S/C11H12N2O2S/c1-7(11(14)15)13-9-6-12-16-10-5-3-2-4-8(9)10/h2-7,9,13H,1H3,(H,14,15)/t7-,9?/m0/s1. The van der Waals surface area contributed by atoms with Crippen LogP contribution in [0.3, 0.4) is 0 Å². The Labute approximate surface area is 97.9 Å². The molecule has 0 aromatic heterocycles. The summed E-state index contributed by atoms with van der Waals surface area (Å²) in [5.74, 6) is -0.857. The van der Waals surface area contributed by atoms with E-state index in [1.165, 1.54) is 11.9 Å². The Morgan fingerprint density at radius 2 is 2.31 bits per heavy atom. The number of hydrogen-bond acceptors (Lipinski definition) is 4. The quantitative estimate of drug-likeness (QED) is 0.787. The Morgan fingerprint density at radius 1 is 1.56 bits per heavy atom. The van der Waals surface area contributed by atoms with Crippen LogP contribution in [-0.4, -0.2) is 23.3 Å². The summed E-state index contributed by atoms with van der Waals surface area (Å²) >= 11 is 1.41. The normalized spacial score (nSPS) is 20.2. The van der Waals surface area contributed by atoms with Gasteiger partial charge in [0.15, 0.2) is 0 Å². The van der Waals surface area contributed by atoms with Gasteiger partial charge in [0, 0.05) is 23.1 Å². The summed E-state index contributed by atoms with van der Waals surface area (Å²) in [4.78, 5) is 11.8. The molecule has 84 valence electrons. The van der Waals surface area contributed by atoms with E-state index in [-0.39, 0.29) is 6.04 Å². The predicted octanol–water partition coefficient (Wildman–Crippen LogP) is 1.88. The maximum absolute atomic E-state index is 10.8. The fourth-order valence-electron chi connectivity index (χ4n) is 1.52. The van der Waals surface area contributed by atoms with E-state index >= 15 is 0 Å². The van der Waals surface area contributed by atoms with Crippen molar-refractivity contribution >= 4 is 24.1 Å². The fourth-order valence-corrected chi connectivity index (χ4v) is 2.26. The highest BCUT2D eigenvalue weighted by Gasteiger charge is 2.21. The van der Waals surface area contributed by atoms with Crippen LogP contribution in [0.5, 0.6) is 0 Å². The van der Waals surface area contributed by atoms with E-state index in [4.69, 9.17) is 5.11 Å². The average Bonchev–Trinajstić information content (AvgIpc) is 2.29. The van der Waals surface area contributed by atoms with Crippen LogP contribution in [0, 0.1) is 0 Å². The third-order valence-corrected chi connectivity index (χ3v) is 3.21. The van der Waals surface area contributed by atoms with Crippen molar-refractivity contribution in [3.8, 4) is 0 Å². The topological polar surface area (TPSA) is 61.7 Å². The highest BCUT2D eigenvalue weighted by atomic mass is 32.2. The minimum Gasteiger partial charge on any atom is -0.480 e. The largest absolute Gasteiger partial charge is 0.480 e. The monoisotopic (exact) mass is 236 g/mol. The van der Waals surface area contributed by atoms with Gasteiger partial charge in [-0.15, -0.1) is 0 Å². The van der Waals surface area contributed by atoms with Crippen LogP contribution in [0.2, 0.25) is 0 Å². The van der Waals surface area contributed by atoms with Gasteiger partial charge in [-0.3, -0.25) is 10.1 Å². The molecule has 16 heavy (non-hydrogen) atoms. The number of hydrogen-bond donors (Lipinski definition) is 2. The molecule has 2 rings (SSSR count). The molecule has 4 nitrogen and oxygen atoms in total. The fraction of sp³-hybridized carbons (Fsp3) is 0.273. The van der Waals surface area contributed by atoms with E-state index in [1.807, 2.05) is 24.3 Å². The summed E-state index contributed by atoms with van der Waals surface area (Å²) in [6.07, 6.45) is 1.74. The van der Waals surface area contributed by atoms with Gasteiger partial charge in [-0.1, -0.05) is 18.2 Å². The molecule has 5 heteroatoms. The molecule has 0 saturated heterocycles. The summed E-state index contributed by atoms with van der Waals surface area (Å²) < 4.78 is 4.15. The van der Waals surface area contributed by atoms with Gasteiger partial charge < -0.3 is 5.11 Å². The number of nitrogens with one attached hydrogen (secondary N) is 1. The lowest BCUT2D eigenvalue weighted by Gasteiger charge is -2.22. The van der Waals surface area contributed by atoms with Crippen LogP contribution in [0.1, 0.15) is 18.5 Å². The number of rotatable bonds is 3. The lowest BCUT2D eigenvalue weighted by Crippen LogP contribution is -2.37. The van der Waals surface area contributed by atoms with Crippen molar-refractivity contribution in [1.29, 1.82) is 0 Å². The Morgan fingerprint density at radius 3 is 3.06 bits per heavy atom. The van der Waals surface area contributed by atoms with Crippen LogP contribution in [0.15, 0.2) is 33.6 Å². The number of benzene rings is 1. The smallest absolute Gasteiger partial charge is 0.320 e. The van der Waals surface area contributed by atoms with Gasteiger partial charge in [-0.2, -0.15) is 0 Å². The van der Waals surface area contributed by atoms with Crippen molar-refractivity contribution in [3.05, 3.63) is 29.8 Å². The molecule has 1 aromatic rings. The summed E-state index contributed by atoms with van der Waals surface area (Å²) in [6, 6.07) is 7.15. The molecule has 1 unspecified atom stereocenters. The first kappa shape index (κ1) is 11.2. The molecule has 0 radical (unpaired) electrons. The number of nitrogens with zero attached hydrogens (tertiary/aromatic N) is 1. The summed E-state index contributed by atoms with van der Waals surface area (Å²) in [6.45, 7) is 1.63. The van der Waals surface area contributed by atoms with E-state index in [0.29, 0.717) is 0 Å². The first-order valence-electron chi connectivity index (χ1n) is 4.97. The average molecular weight is 236 g/mol. The van der Waals surface area contributed by atoms with E-state index in [9.17, 15) is 4.79 Å². The van der Waals surface area contributed by atoms with Gasteiger partial charge in [0.1, 0.15) is 6.04 Å². The Bertz CT molecular complexity index is 434. The third-order valence-electron chi connectivity index (χ3n) is 2.42. The summed E-state index contributed by atoms with van der Waals surface area (Å²) in [5, 5.41) is 11.9. The molecule has 1 aromatic carbocycles. The van der Waals surface area contributed by atoms with Crippen molar-refractivity contribution in [3.63, 3.8) is 0 Å². The van der Waals surface area contributed by atoms with Gasteiger partial charge in [0.2, 0.25) is 0 Å². The summed E-state index contributed by atoms with van der Waals surface area (Å²) in [5.41, 5.74) is 1.08. The number of carboxylic acids is 1. The molecule has 0 bridgehead atoms. The molecule has 0 spiro atoms. The minimum atomic E-state index is -0.857. The van der Waals surface area contributed by atoms with Gasteiger partial charge in [-0.05, 0) is 18.6 Å². The molecule has 0 amide bonds. The zero-order valence-electron chi connectivity index (χ0n) is 8.75. The minimum absolute atomic E-state index is 0.122. The maximum Gasteiger partial charge on any atom is 0.320 e. The molecule has 0 fully saturated rings. The molecule has 0 saturated carbocycles. The first-order valence-corrected chi connectivity index (χ1v) is 5.74. The van der Waals surface area contributed by atoms with Crippen molar-refractivity contribution < 1.29 is 9.90 Å². The van der Waals surface area contributed by atoms with Crippen LogP contribution in [-0.2, 0) is 4.79 Å². The van der Waals surface area contributed by atoms with Crippen molar-refractivity contribution in [2.75, 3.05) is 0 Å². The number of fused-ring (bicyclic) bond motifs is 1. The Kier molecular flexibility index (Phi) is 3.26. The Hall–Kier alpha value is -1.33. The van der Waals surface area contributed by atoms with E-state index in [2.05, 4.69) is 9.71 Å². The molecule has 2 atom stereocenters. The van der Waals surface area contributed by atoms with Gasteiger partial charge >= 0.3 is 5.97 Å².